The summed E-state index contributed by atoms with van der Waals surface area (Å²) in [6.45, 7) is 4.19. The minimum atomic E-state index is -4.45. The van der Waals surface area contributed by atoms with E-state index in [4.69, 9.17) is 0 Å². The van der Waals surface area contributed by atoms with Crippen LogP contribution in [0.4, 0.5) is 18.0 Å². The van der Waals surface area contributed by atoms with Crippen LogP contribution < -0.4 is 5.32 Å². The lowest BCUT2D eigenvalue weighted by Crippen LogP contribution is -2.53. The number of sulfonamides is 1. The number of hydrogen-bond acceptors (Lipinski definition) is 3. The van der Waals surface area contributed by atoms with Crippen molar-refractivity contribution in [2.75, 3.05) is 26.2 Å². The Balaban J connectivity index is 1.58. The molecule has 1 saturated heterocycles. The van der Waals surface area contributed by atoms with Gasteiger partial charge in [0.05, 0.1) is 10.5 Å². The smallest absolute Gasteiger partial charge is 0.334 e. The van der Waals surface area contributed by atoms with Gasteiger partial charge in [-0.05, 0) is 48.7 Å². The van der Waals surface area contributed by atoms with Gasteiger partial charge < -0.3 is 10.2 Å². The molecule has 1 heterocycles. The van der Waals surface area contributed by atoms with Crippen LogP contribution in [0.1, 0.15) is 22.3 Å². The van der Waals surface area contributed by atoms with Crippen molar-refractivity contribution in [1.29, 1.82) is 0 Å². The van der Waals surface area contributed by atoms with Gasteiger partial charge in [-0.3, -0.25) is 0 Å². The van der Waals surface area contributed by atoms with Crippen LogP contribution in [0.25, 0.3) is 0 Å². The van der Waals surface area contributed by atoms with Crippen molar-refractivity contribution < 1.29 is 26.4 Å². The molecule has 2 aromatic carbocycles. The summed E-state index contributed by atoms with van der Waals surface area (Å²) in [5.74, 6) is 0. The average Bonchev–Trinajstić information content (AvgIpc) is 2.73. The van der Waals surface area contributed by atoms with E-state index < -0.39 is 27.8 Å². The molecular weight excluding hydrogens is 431 g/mol. The van der Waals surface area contributed by atoms with E-state index >= 15 is 0 Å². The Morgan fingerprint density at radius 3 is 2.35 bits per heavy atom. The number of aryl methyl sites for hydroxylation is 2. The minimum Gasteiger partial charge on any atom is -0.334 e. The van der Waals surface area contributed by atoms with Crippen LogP contribution in [0.2, 0.25) is 0 Å². The van der Waals surface area contributed by atoms with Crippen LogP contribution >= 0.6 is 0 Å². The number of hydrogen-bond donors (Lipinski definition) is 1. The van der Waals surface area contributed by atoms with Gasteiger partial charge in [0.2, 0.25) is 10.0 Å². The fourth-order valence-corrected chi connectivity index (χ4v) is 5.13. The summed E-state index contributed by atoms with van der Waals surface area (Å²) >= 11 is 0. The Hall–Kier alpha value is -2.59. The first-order chi connectivity index (χ1) is 14.5. The van der Waals surface area contributed by atoms with E-state index in [1.54, 1.807) is 19.1 Å². The Labute approximate surface area is 179 Å². The van der Waals surface area contributed by atoms with E-state index in [1.807, 2.05) is 13.0 Å². The molecule has 0 spiro atoms. The van der Waals surface area contributed by atoms with Crippen molar-refractivity contribution in [3.8, 4) is 0 Å². The third-order valence-corrected chi connectivity index (χ3v) is 7.23. The predicted molar refractivity (Wildman–Crippen MR) is 110 cm³/mol. The van der Waals surface area contributed by atoms with E-state index in [-0.39, 0.29) is 37.6 Å². The van der Waals surface area contributed by atoms with Gasteiger partial charge in [0, 0.05) is 32.7 Å². The standard InChI is InChI=1S/C21H24F3N3O3S/c1-15-6-7-16(2)19(12-15)31(29,30)27-10-8-26(9-11-27)20(28)25-14-17-4-3-5-18(13-17)21(22,23)24/h3-7,12-13H,8-11,14H2,1-2H3,(H,25,28). The van der Waals surface area contributed by atoms with Crippen LogP contribution in [0, 0.1) is 13.8 Å². The normalized spacial score (nSPS) is 15.7. The van der Waals surface area contributed by atoms with Gasteiger partial charge in [0.25, 0.3) is 0 Å². The highest BCUT2D eigenvalue weighted by Crippen LogP contribution is 2.29. The van der Waals surface area contributed by atoms with Crippen LogP contribution in [0.3, 0.4) is 0 Å². The average molecular weight is 456 g/mol. The van der Waals surface area contributed by atoms with Gasteiger partial charge in [0.15, 0.2) is 0 Å². The summed E-state index contributed by atoms with van der Waals surface area (Å²) in [7, 11) is -3.67. The summed E-state index contributed by atoms with van der Waals surface area (Å²) in [5, 5.41) is 2.60. The van der Waals surface area contributed by atoms with Gasteiger partial charge in [-0.1, -0.05) is 24.3 Å². The minimum absolute atomic E-state index is 0.0518. The summed E-state index contributed by atoms with van der Waals surface area (Å²) < 4.78 is 65.7. The van der Waals surface area contributed by atoms with Crippen molar-refractivity contribution >= 4 is 16.1 Å². The van der Waals surface area contributed by atoms with Gasteiger partial charge in [-0.15, -0.1) is 0 Å². The maximum atomic E-state index is 13.0. The molecule has 31 heavy (non-hydrogen) atoms. The Bertz CT molecular complexity index is 1060. The molecule has 1 aliphatic rings. The number of nitrogens with one attached hydrogen (secondary N) is 1. The first kappa shape index (κ1) is 23.1. The predicted octanol–water partition coefficient (Wildman–Crippen LogP) is 3.54. The largest absolute Gasteiger partial charge is 0.416 e. The van der Waals surface area contributed by atoms with E-state index in [2.05, 4.69) is 5.32 Å². The lowest BCUT2D eigenvalue weighted by Gasteiger charge is -2.34. The number of halogens is 3. The second-order valence-electron chi connectivity index (χ2n) is 7.52. The van der Waals surface area contributed by atoms with Crippen molar-refractivity contribution in [1.82, 2.24) is 14.5 Å². The fraction of sp³-hybridized carbons (Fsp3) is 0.381. The number of benzene rings is 2. The second kappa shape index (κ2) is 8.88. The fourth-order valence-electron chi connectivity index (χ4n) is 3.40. The molecule has 0 unspecified atom stereocenters. The van der Waals surface area contributed by atoms with E-state index in [0.717, 1.165) is 17.7 Å². The van der Waals surface area contributed by atoms with E-state index in [1.165, 1.54) is 21.3 Å². The van der Waals surface area contributed by atoms with Gasteiger partial charge in [-0.25, -0.2) is 13.2 Å². The van der Waals surface area contributed by atoms with Crippen molar-refractivity contribution in [2.45, 2.75) is 31.5 Å². The summed E-state index contributed by atoms with van der Waals surface area (Å²) in [4.78, 5) is 14.1. The first-order valence-corrected chi connectivity index (χ1v) is 11.2. The zero-order valence-corrected chi connectivity index (χ0v) is 18.1. The molecule has 1 fully saturated rings. The molecule has 0 aromatic heterocycles. The van der Waals surface area contributed by atoms with Crippen molar-refractivity contribution in [3.05, 3.63) is 64.7 Å². The Morgan fingerprint density at radius 2 is 1.71 bits per heavy atom. The van der Waals surface area contributed by atoms with Crippen molar-refractivity contribution in [2.24, 2.45) is 0 Å². The van der Waals surface area contributed by atoms with Crippen LogP contribution in [-0.2, 0) is 22.7 Å². The molecule has 168 valence electrons. The molecule has 1 N–H and O–H groups in total. The van der Waals surface area contributed by atoms with Crippen LogP contribution in [0.5, 0.6) is 0 Å². The van der Waals surface area contributed by atoms with Gasteiger partial charge in [0.1, 0.15) is 0 Å². The number of alkyl halides is 3. The lowest BCUT2D eigenvalue weighted by molar-refractivity contribution is -0.137. The Kier molecular flexibility index (Phi) is 6.61. The Morgan fingerprint density at radius 1 is 1.03 bits per heavy atom. The number of carbonyl (C=O) groups excluding carboxylic acids is 1. The monoisotopic (exact) mass is 455 g/mol. The molecule has 10 heteroatoms. The molecular formula is C21H24F3N3O3S. The summed E-state index contributed by atoms with van der Waals surface area (Å²) in [6.07, 6.45) is -4.45. The first-order valence-electron chi connectivity index (χ1n) is 9.75. The molecule has 0 atom stereocenters. The second-order valence-corrected chi connectivity index (χ2v) is 9.42. The highest BCUT2D eigenvalue weighted by molar-refractivity contribution is 7.89. The molecule has 0 aliphatic carbocycles. The third-order valence-electron chi connectivity index (χ3n) is 5.19. The zero-order valence-electron chi connectivity index (χ0n) is 17.2. The van der Waals surface area contributed by atoms with Crippen LogP contribution in [0.15, 0.2) is 47.4 Å². The topological polar surface area (TPSA) is 69.7 Å². The van der Waals surface area contributed by atoms with Crippen LogP contribution in [-0.4, -0.2) is 49.8 Å². The number of urea groups is 1. The maximum Gasteiger partial charge on any atom is 0.416 e. The number of amides is 2. The molecule has 0 bridgehead atoms. The molecule has 0 radical (unpaired) electrons. The quantitative estimate of drug-likeness (QED) is 0.767. The van der Waals surface area contributed by atoms with Crippen molar-refractivity contribution in [3.63, 3.8) is 0 Å². The molecule has 2 amide bonds. The molecule has 2 aromatic rings. The number of nitrogens with zero attached hydrogens (tertiary/aromatic N) is 2. The maximum absolute atomic E-state index is 13.0. The van der Waals surface area contributed by atoms with Gasteiger partial charge in [-0.2, -0.15) is 17.5 Å². The van der Waals surface area contributed by atoms with Gasteiger partial charge >= 0.3 is 12.2 Å². The third kappa shape index (κ3) is 5.37. The number of piperazine rings is 1. The molecule has 1 aliphatic heterocycles. The summed E-state index contributed by atoms with van der Waals surface area (Å²) in [5.41, 5.74) is 1.06. The molecule has 0 saturated carbocycles. The highest BCUT2D eigenvalue weighted by atomic mass is 32.2. The highest BCUT2D eigenvalue weighted by Gasteiger charge is 2.32. The van der Waals surface area contributed by atoms with E-state index in [9.17, 15) is 26.4 Å². The molecule has 3 rings (SSSR count). The zero-order chi connectivity index (χ0) is 22.8. The number of rotatable bonds is 4. The number of carbonyl (C=O) groups is 1. The SMILES string of the molecule is Cc1ccc(C)c(S(=O)(=O)N2CCN(C(=O)NCc3cccc(C(F)(F)F)c3)CC2)c1. The lowest BCUT2D eigenvalue weighted by atomic mass is 10.1. The summed E-state index contributed by atoms with van der Waals surface area (Å²) in [6, 6.07) is 9.57. The van der Waals surface area contributed by atoms with E-state index in [0.29, 0.717) is 11.1 Å². The molecule has 6 nitrogen and oxygen atoms in total.